The number of amides is 3. The standard InChI is InChI=1S/C33H54N4O8Si2/c1-31(2,3)44-30(39)37(19-18-27(35-29(37)38)34-21-23-16-14-15-17-24(23)36(40)41)28-20-25(45-47(12,13)33(7,8)9)26(43-28)22-42-46(10,11)32(4,5)6/h14-19,25-26,28H,20-22H2,1-13H3/p+1/t25-,26+,28+,37?/m0/s1. The van der Waals surface area contributed by atoms with Gasteiger partial charge in [-0.15, -0.1) is 4.99 Å². The number of carbonyl (C=O) groups is 2. The predicted octanol–water partition coefficient (Wildman–Crippen LogP) is 8.01. The second-order valence-corrected chi connectivity index (χ2v) is 26.0. The fourth-order valence-electron chi connectivity index (χ4n) is 4.70. The number of urea groups is 1. The number of nitrogens with zero attached hydrogens (tertiary/aromatic N) is 3. The Kier molecular flexibility index (Phi) is 11.2. The van der Waals surface area contributed by atoms with E-state index in [2.05, 4.69) is 78.0 Å². The minimum atomic E-state index is -2.31. The van der Waals surface area contributed by atoms with E-state index in [4.69, 9.17) is 18.3 Å². The van der Waals surface area contributed by atoms with E-state index in [1.807, 2.05) is 0 Å². The number of nitro benzene ring substituents is 1. The van der Waals surface area contributed by atoms with Gasteiger partial charge in [0.1, 0.15) is 23.7 Å². The van der Waals surface area contributed by atoms with E-state index in [1.165, 1.54) is 18.3 Å². The van der Waals surface area contributed by atoms with Crippen molar-refractivity contribution in [2.75, 3.05) is 6.61 Å². The topological polar surface area (TPSA) is 139 Å². The van der Waals surface area contributed by atoms with Gasteiger partial charge in [0, 0.05) is 24.3 Å². The molecule has 0 radical (unpaired) electrons. The zero-order valence-electron chi connectivity index (χ0n) is 30.4. The summed E-state index contributed by atoms with van der Waals surface area (Å²) in [6, 6.07) is 5.53. The van der Waals surface area contributed by atoms with Crippen LogP contribution in [0.15, 0.2) is 41.5 Å². The van der Waals surface area contributed by atoms with Gasteiger partial charge in [0.2, 0.25) is 6.23 Å². The molecule has 262 valence electrons. The van der Waals surface area contributed by atoms with Crippen LogP contribution in [0.25, 0.3) is 0 Å². The van der Waals surface area contributed by atoms with Crippen molar-refractivity contribution in [3.05, 3.63) is 52.2 Å². The highest BCUT2D eigenvalue weighted by molar-refractivity contribution is 6.74. The molecule has 1 aromatic rings. The quantitative estimate of drug-likeness (QED) is 0.118. The first-order chi connectivity index (χ1) is 21.3. The van der Waals surface area contributed by atoms with Crippen LogP contribution in [0.4, 0.5) is 15.3 Å². The summed E-state index contributed by atoms with van der Waals surface area (Å²) in [6.45, 7) is 27.1. The Bertz CT molecular complexity index is 1410. The van der Waals surface area contributed by atoms with Gasteiger partial charge in [0.25, 0.3) is 5.69 Å². The van der Waals surface area contributed by atoms with Gasteiger partial charge in [0.15, 0.2) is 16.6 Å². The van der Waals surface area contributed by atoms with E-state index in [0.29, 0.717) is 5.56 Å². The Morgan fingerprint density at radius 1 is 1.04 bits per heavy atom. The number of benzene rings is 1. The third kappa shape index (κ3) is 8.84. The second-order valence-electron chi connectivity index (χ2n) is 16.4. The molecule has 12 nitrogen and oxygen atoms in total. The van der Waals surface area contributed by atoms with Crippen LogP contribution in [0.3, 0.4) is 0 Å². The van der Waals surface area contributed by atoms with Crippen LogP contribution in [0.1, 0.15) is 74.3 Å². The average molecular weight is 692 g/mol. The molecule has 47 heavy (non-hydrogen) atoms. The number of rotatable bonds is 9. The van der Waals surface area contributed by atoms with Gasteiger partial charge >= 0.3 is 12.1 Å². The summed E-state index contributed by atoms with van der Waals surface area (Å²) in [7, 11) is -4.49. The van der Waals surface area contributed by atoms with Gasteiger partial charge in [-0.3, -0.25) is 10.1 Å². The summed E-state index contributed by atoms with van der Waals surface area (Å²) in [5, 5.41) is 14.4. The van der Waals surface area contributed by atoms with Crippen molar-refractivity contribution in [3.63, 3.8) is 0 Å². The number of hydrogen-bond donors (Lipinski definition) is 1. The number of imide groups is 1. The summed E-state index contributed by atoms with van der Waals surface area (Å²) in [4.78, 5) is 43.4. The minimum Gasteiger partial charge on any atom is -0.414 e. The zero-order valence-corrected chi connectivity index (χ0v) is 32.4. The normalized spacial score (nSPS) is 24.2. The lowest BCUT2D eigenvalue weighted by molar-refractivity contribution is -0.781. The van der Waals surface area contributed by atoms with E-state index in [0.717, 1.165) is 0 Å². The summed E-state index contributed by atoms with van der Waals surface area (Å²) < 4.78 is 25.0. The molecule has 2 aliphatic heterocycles. The number of carbonyl (C=O) groups excluding carboxylic acids is 2. The van der Waals surface area contributed by atoms with Gasteiger partial charge < -0.3 is 23.6 Å². The summed E-state index contributed by atoms with van der Waals surface area (Å²) in [5.41, 5.74) is -0.525. The molecular formula is C33H55N4O8Si2+. The van der Waals surface area contributed by atoms with Gasteiger partial charge in [-0.1, -0.05) is 64.2 Å². The molecule has 1 saturated heterocycles. The summed E-state index contributed by atoms with van der Waals surface area (Å²) >= 11 is 0. The van der Waals surface area contributed by atoms with Crippen molar-refractivity contribution in [1.82, 2.24) is 5.32 Å². The van der Waals surface area contributed by atoms with Crippen LogP contribution in [0, 0.1) is 10.1 Å². The Balaban J connectivity index is 1.99. The summed E-state index contributed by atoms with van der Waals surface area (Å²) in [6.07, 6.45) is 0.416. The molecule has 3 amide bonds. The monoisotopic (exact) mass is 691 g/mol. The third-order valence-corrected chi connectivity index (χ3v) is 18.7. The van der Waals surface area contributed by atoms with Gasteiger partial charge in [-0.25, -0.2) is 4.79 Å². The molecule has 2 heterocycles. The first-order valence-electron chi connectivity index (χ1n) is 16.2. The van der Waals surface area contributed by atoms with E-state index in [9.17, 15) is 19.7 Å². The number of ether oxygens (including phenoxy) is 2. The number of quaternary nitrogens is 1. The van der Waals surface area contributed by atoms with E-state index >= 15 is 0 Å². The van der Waals surface area contributed by atoms with Crippen LogP contribution in [0.5, 0.6) is 0 Å². The summed E-state index contributed by atoms with van der Waals surface area (Å²) in [5.74, 6) is 0.162. The van der Waals surface area contributed by atoms with E-state index < -0.39 is 62.2 Å². The maximum Gasteiger partial charge on any atom is 0.532 e. The van der Waals surface area contributed by atoms with Gasteiger partial charge in [-0.05, 0) is 57.0 Å². The maximum absolute atomic E-state index is 14.1. The third-order valence-electron chi connectivity index (χ3n) is 9.65. The Morgan fingerprint density at radius 2 is 1.64 bits per heavy atom. The molecule has 3 rings (SSSR count). The molecule has 0 spiro atoms. The van der Waals surface area contributed by atoms with Crippen LogP contribution in [-0.2, 0) is 24.9 Å². The molecule has 0 aliphatic carbocycles. The Labute approximate surface area is 281 Å². The Hall–Kier alpha value is -2.76. The smallest absolute Gasteiger partial charge is 0.414 e. The molecule has 2 aliphatic rings. The maximum atomic E-state index is 14.1. The van der Waals surface area contributed by atoms with Crippen molar-refractivity contribution in [1.29, 1.82) is 0 Å². The molecule has 4 atom stereocenters. The van der Waals surface area contributed by atoms with Crippen molar-refractivity contribution in [2.24, 2.45) is 4.99 Å². The first-order valence-corrected chi connectivity index (χ1v) is 22.0. The van der Waals surface area contributed by atoms with Crippen molar-refractivity contribution in [3.8, 4) is 0 Å². The highest BCUT2D eigenvalue weighted by atomic mass is 28.4. The lowest BCUT2D eigenvalue weighted by atomic mass is 10.1. The molecule has 1 N–H and O–H groups in total. The van der Waals surface area contributed by atoms with Gasteiger partial charge in [-0.2, -0.15) is 4.79 Å². The highest BCUT2D eigenvalue weighted by Gasteiger charge is 2.61. The first kappa shape index (κ1) is 38.7. The molecule has 1 aromatic carbocycles. The van der Waals surface area contributed by atoms with Crippen LogP contribution >= 0.6 is 0 Å². The molecule has 0 bridgehead atoms. The van der Waals surface area contributed by atoms with Gasteiger partial charge in [0.05, 0.1) is 24.1 Å². The molecule has 14 heteroatoms. The number of nitrogens with one attached hydrogen (secondary N) is 1. The lowest BCUT2D eigenvalue weighted by Crippen LogP contribution is -2.61. The SMILES string of the molecule is CC(C)(C)OC(=O)[N+]1([C@H]2C[C@H](O[Si](C)(C)C(C)(C)C)[C@@H](CO[Si](C)(C)C(C)(C)C)O2)C=CC(NCc2ccccc2[N+](=O)[O-])=NC1=O. The number of nitro groups is 1. The van der Waals surface area contributed by atoms with Crippen molar-refractivity contribution >= 4 is 40.3 Å². The Morgan fingerprint density at radius 3 is 2.17 bits per heavy atom. The number of para-hydroxylation sites is 1. The lowest BCUT2D eigenvalue weighted by Gasteiger charge is -2.40. The van der Waals surface area contributed by atoms with Crippen molar-refractivity contribution in [2.45, 2.75) is 136 Å². The predicted molar refractivity (Wildman–Crippen MR) is 187 cm³/mol. The average Bonchev–Trinajstić information content (AvgIpc) is 3.30. The molecule has 0 aromatic heterocycles. The van der Waals surface area contributed by atoms with E-state index in [-0.39, 0.29) is 41.2 Å². The number of hydrogen-bond acceptors (Lipinski definition) is 9. The minimum absolute atomic E-state index is 0.0328. The highest BCUT2D eigenvalue weighted by Crippen LogP contribution is 2.43. The van der Waals surface area contributed by atoms with Crippen LogP contribution in [-0.4, -0.2) is 74.6 Å². The molecular weight excluding hydrogens is 637 g/mol. The molecule has 1 unspecified atom stereocenters. The zero-order chi connectivity index (χ0) is 35.8. The van der Waals surface area contributed by atoms with Crippen LogP contribution < -0.4 is 5.32 Å². The van der Waals surface area contributed by atoms with Crippen LogP contribution in [0.2, 0.25) is 36.3 Å². The fourth-order valence-corrected chi connectivity index (χ4v) is 7.07. The van der Waals surface area contributed by atoms with E-state index in [1.54, 1.807) is 39.0 Å². The fraction of sp³-hybridized carbons (Fsp3) is 0.667. The largest absolute Gasteiger partial charge is 0.532 e. The number of aliphatic imine (C=N–C) groups is 1. The van der Waals surface area contributed by atoms with Crippen molar-refractivity contribution < 1.29 is 37.3 Å². The number of amidine groups is 1. The molecule has 0 saturated carbocycles. The molecule has 1 fully saturated rings. The second kappa shape index (κ2) is 13.6.